The first kappa shape index (κ1) is 20.6. The Morgan fingerprint density at radius 2 is 1.54 bits per heavy atom. The van der Waals surface area contributed by atoms with Crippen molar-refractivity contribution in [2.45, 2.75) is 97.2 Å². The van der Waals surface area contributed by atoms with Crippen molar-refractivity contribution >= 4 is 0 Å². The van der Waals surface area contributed by atoms with Gasteiger partial charge >= 0.3 is 0 Å². The Morgan fingerprint density at radius 3 is 2.23 bits per heavy atom. The lowest BCUT2D eigenvalue weighted by Crippen LogP contribution is -2.64. The van der Waals surface area contributed by atoms with E-state index in [9.17, 15) is 10.2 Å². The van der Waals surface area contributed by atoms with Gasteiger partial charge in [-0.2, -0.15) is 0 Å². The highest BCUT2D eigenvalue weighted by Gasteiger charge is 2.63. The van der Waals surface area contributed by atoms with Crippen molar-refractivity contribution in [1.82, 2.24) is 0 Å². The zero-order valence-corrected chi connectivity index (χ0v) is 17.7. The van der Waals surface area contributed by atoms with Gasteiger partial charge < -0.3 is 15.3 Å². The maximum absolute atomic E-state index is 11.7. The molecule has 152 valence electrons. The van der Waals surface area contributed by atoms with Crippen LogP contribution in [0.2, 0.25) is 0 Å². The van der Waals surface area contributed by atoms with Crippen LogP contribution in [0.4, 0.5) is 0 Å². The predicted octanol–water partition coefficient (Wildman–Crippen LogP) is 4.39. The predicted molar refractivity (Wildman–Crippen MR) is 106 cm³/mol. The van der Waals surface area contributed by atoms with Crippen molar-refractivity contribution in [2.75, 3.05) is 7.11 Å². The number of rotatable bonds is 0. The Balaban J connectivity index is 0.000000948. The fourth-order valence-corrected chi connectivity index (χ4v) is 7.84. The Hall–Kier alpha value is -0.120. The van der Waals surface area contributed by atoms with Crippen LogP contribution < -0.4 is 0 Å². The van der Waals surface area contributed by atoms with E-state index in [1.165, 1.54) is 38.5 Å². The number of fused-ring (bicyclic) bond motifs is 6. The van der Waals surface area contributed by atoms with Crippen LogP contribution in [0.5, 0.6) is 0 Å². The second-order valence-electron chi connectivity index (χ2n) is 10.7. The monoisotopic (exact) mass is 366 g/mol. The molecule has 0 aliphatic heterocycles. The van der Waals surface area contributed by atoms with Crippen molar-refractivity contribution in [3.05, 3.63) is 0 Å². The molecule has 3 heteroatoms. The molecule has 0 amide bonds. The van der Waals surface area contributed by atoms with Crippen LogP contribution >= 0.6 is 0 Å². The number of hydrogen-bond donors (Lipinski definition) is 3. The number of hydrogen-bond acceptors (Lipinski definition) is 3. The van der Waals surface area contributed by atoms with Gasteiger partial charge in [0.1, 0.15) is 0 Å². The van der Waals surface area contributed by atoms with Crippen molar-refractivity contribution in [2.24, 2.45) is 40.4 Å². The zero-order chi connectivity index (χ0) is 19.3. The molecule has 0 spiro atoms. The molecule has 9 atom stereocenters. The van der Waals surface area contributed by atoms with Gasteiger partial charge in [0, 0.05) is 13.0 Å². The lowest BCUT2D eigenvalue weighted by molar-refractivity contribution is -0.233. The van der Waals surface area contributed by atoms with Crippen LogP contribution in [-0.2, 0) is 0 Å². The minimum atomic E-state index is -0.656. The summed E-state index contributed by atoms with van der Waals surface area (Å²) in [5.74, 6) is 3.22. The topological polar surface area (TPSA) is 60.7 Å². The zero-order valence-electron chi connectivity index (χ0n) is 17.7. The molecule has 26 heavy (non-hydrogen) atoms. The first-order valence-electron chi connectivity index (χ1n) is 11.1. The second-order valence-corrected chi connectivity index (χ2v) is 10.7. The van der Waals surface area contributed by atoms with E-state index in [4.69, 9.17) is 5.11 Å². The van der Waals surface area contributed by atoms with Gasteiger partial charge in [-0.05, 0) is 92.3 Å². The average Bonchev–Trinajstić information content (AvgIpc) is 2.75. The summed E-state index contributed by atoms with van der Waals surface area (Å²) in [7, 11) is 1.00. The van der Waals surface area contributed by atoms with Crippen molar-refractivity contribution in [1.29, 1.82) is 0 Å². The Bertz CT molecular complexity index is 508. The summed E-state index contributed by atoms with van der Waals surface area (Å²) in [6, 6.07) is 0. The summed E-state index contributed by atoms with van der Waals surface area (Å²) in [4.78, 5) is 0. The van der Waals surface area contributed by atoms with Crippen LogP contribution in [0.3, 0.4) is 0 Å². The van der Waals surface area contributed by atoms with Gasteiger partial charge in [0.2, 0.25) is 0 Å². The highest BCUT2D eigenvalue weighted by molar-refractivity contribution is 5.13. The lowest BCUT2D eigenvalue weighted by Gasteiger charge is -2.62. The second kappa shape index (κ2) is 7.04. The fraction of sp³-hybridized carbons (Fsp3) is 1.00. The molecule has 4 aliphatic rings. The van der Waals surface area contributed by atoms with E-state index in [-0.39, 0.29) is 17.4 Å². The Labute approximate surface area is 160 Å². The first-order valence-corrected chi connectivity index (χ1v) is 11.1. The van der Waals surface area contributed by atoms with E-state index < -0.39 is 5.60 Å². The molecule has 0 aromatic heterocycles. The quantitative estimate of drug-likeness (QED) is 0.596. The normalized spacial score (nSPS) is 56.3. The summed E-state index contributed by atoms with van der Waals surface area (Å²) < 4.78 is 0. The molecule has 4 rings (SSSR count). The molecule has 4 aliphatic carbocycles. The third-order valence-corrected chi connectivity index (χ3v) is 9.99. The Morgan fingerprint density at radius 1 is 0.846 bits per heavy atom. The van der Waals surface area contributed by atoms with Crippen molar-refractivity contribution < 1.29 is 15.3 Å². The van der Waals surface area contributed by atoms with E-state index in [1.807, 2.05) is 0 Å². The molecular formula is C23H42O3. The number of aliphatic hydroxyl groups excluding tert-OH is 2. The summed E-state index contributed by atoms with van der Waals surface area (Å²) in [6.45, 7) is 9.50. The van der Waals surface area contributed by atoms with Crippen LogP contribution in [0.25, 0.3) is 0 Å². The molecule has 3 nitrogen and oxygen atoms in total. The van der Waals surface area contributed by atoms with Gasteiger partial charge in [0.25, 0.3) is 0 Å². The van der Waals surface area contributed by atoms with Gasteiger partial charge in [0.15, 0.2) is 0 Å². The largest absolute Gasteiger partial charge is 0.400 e. The lowest BCUT2D eigenvalue weighted by atomic mass is 9.45. The van der Waals surface area contributed by atoms with Gasteiger partial charge in [-0.25, -0.2) is 0 Å². The molecule has 4 saturated carbocycles. The minimum Gasteiger partial charge on any atom is -0.400 e. The maximum atomic E-state index is 11.7. The van der Waals surface area contributed by atoms with Gasteiger partial charge in [-0.3, -0.25) is 0 Å². The molecular weight excluding hydrogens is 324 g/mol. The third kappa shape index (κ3) is 2.79. The highest BCUT2D eigenvalue weighted by atomic mass is 16.3. The average molecular weight is 367 g/mol. The smallest absolute Gasteiger partial charge is 0.0753 e. The molecule has 0 saturated heterocycles. The molecule has 0 heterocycles. The molecule has 8 unspecified atom stereocenters. The van der Waals surface area contributed by atoms with Crippen molar-refractivity contribution in [3.8, 4) is 0 Å². The van der Waals surface area contributed by atoms with E-state index in [1.54, 1.807) is 0 Å². The van der Waals surface area contributed by atoms with Gasteiger partial charge in [-0.15, -0.1) is 0 Å². The maximum Gasteiger partial charge on any atom is 0.0753 e. The van der Waals surface area contributed by atoms with Crippen LogP contribution in [0.1, 0.15) is 85.5 Å². The molecule has 0 radical (unpaired) electrons. The van der Waals surface area contributed by atoms with E-state index in [0.717, 1.165) is 44.1 Å². The molecule has 2 bridgehead atoms. The minimum absolute atomic E-state index is 0.00560. The SMILES string of the molecule is CC1CCC2CC1(C)CCC1C2CC[C@@]2(O)C(C)C(O)CCC12C.CO. The van der Waals surface area contributed by atoms with Crippen LogP contribution in [0, 0.1) is 40.4 Å². The first-order chi connectivity index (χ1) is 12.2. The summed E-state index contributed by atoms with van der Waals surface area (Å²) in [5, 5.41) is 29.1. The van der Waals surface area contributed by atoms with E-state index in [0.29, 0.717) is 11.3 Å². The fourth-order valence-electron chi connectivity index (χ4n) is 7.84. The van der Waals surface area contributed by atoms with E-state index >= 15 is 0 Å². The van der Waals surface area contributed by atoms with Crippen LogP contribution in [-0.4, -0.2) is 34.1 Å². The standard InChI is InChI=1S/C22H38O2.CH4O/c1-14-5-6-16-13-20(14,3)10-8-18-17(16)7-12-22(24)15(2)19(23)9-11-21(18,22)4;1-2/h14-19,23-24H,5-13H2,1-4H3;2H,1H3/t14?,15?,16?,17?,18?,19?,20?,21?,22-;/m1./s1. The molecule has 0 aromatic carbocycles. The Kier molecular flexibility index (Phi) is 5.58. The summed E-state index contributed by atoms with van der Waals surface area (Å²) >= 11 is 0. The van der Waals surface area contributed by atoms with Gasteiger partial charge in [0.05, 0.1) is 11.7 Å². The third-order valence-electron chi connectivity index (χ3n) is 9.99. The van der Waals surface area contributed by atoms with Crippen LogP contribution in [0.15, 0.2) is 0 Å². The van der Waals surface area contributed by atoms with E-state index in [2.05, 4.69) is 27.7 Å². The van der Waals surface area contributed by atoms with Gasteiger partial charge in [-0.1, -0.05) is 27.7 Å². The van der Waals surface area contributed by atoms with Crippen molar-refractivity contribution in [3.63, 3.8) is 0 Å². The number of aliphatic hydroxyl groups is 3. The summed E-state index contributed by atoms with van der Waals surface area (Å²) in [6.07, 6.45) is 10.5. The highest BCUT2D eigenvalue weighted by Crippen LogP contribution is 2.66. The molecule has 0 aromatic rings. The molecule has 4 fully saturated rings. The molecule has 3 N–H and O–H groups in total. The summed E-state index contributed by atoms with van der Waals surface area (Å²) in [5.41, 5.74) is -0.128.